The van der Waals surface area contributed by atoms with E-state index in [4.69, 9.17) is 8.53 Å². The summed E-state index contributed by atoms with van der Waals surface area (Å²) in [7, 11) is 0. The van der Waals surface area contributed by atoms with Gasteiger partial charge in [0, 0.05) is 45.8 Å². The van der Waals surface area contributed by atoms with Gasteiger partial charge in [0.25, 0.3) is 0 Å². The molecule has 5 nitrogen and oxygen atoms in total. The zero-order valence-corrected chi connectivity index (χ0v) is 13.7. The minimum Gasteiger partial charge on any atom is -0.450 e. The summed E-state index contributed by atoms with van der Waals surface area (Å²) in [5.74, 6) is 0. The molecule has 6 heteroatoms. The molecule has 1 atom stereocenters. The highest BCUT2D eigenvalue weighted by molar-refractivity contribution is 6.70. The Morgan fingerprint density at radius 1 is 1.30 bits per heavy atom. The van der Waals surface area contributed by atoms with E-state index in [9.17, 15) is 0 Å². The van der Waals surface area contributed by atoms with Crippen molar-refractivity contribution in [1.29, 1.82) is 0 Å². The standard InChI is InChI=1S/C17H21BN4O/c1-11-6-7-14-15-10-12(2)22(21-9-8-20(5)13(21)3)18(4)16(15)23-17(14)19-11/h6-10,13H,1-5H3/t13-/m0/s1/i5D3. The second-order valence-electron chi connectivity index (χ2n) is 6.21. The molecule has 0 spiro atoms. The summed E-state index contributed by atoms with van der Waals surface area (Å²) in [5.41, 5.74) is 4.48. The number of hydrazine groups is 1. The number of rotatable bonds is 1. The van der Waals surface area contributed by atoms with Crippen LogP contribution >= 0.6 is 0 Å². The van der Waals surface area contributed by atoms with Crippen molar-refractivity contribution in [2.24, 2.45) is 0 Å². The highest BCUT2D eigenvalue weighted by atomic mass is 16.3. The van der Waals surface area contributed by atoms with Crippen LogP contribution in [0.2, 0.25) is 6.82 Å². The van der Waals surface area contributed by atoms with E-state index in [-0.39, 0.29) is 13.0 Å². The van der Waals surface area contributed by atoms with Crippen molar-refractivity contribution in [2.45, 2.75) is 33.8 Å². The zero-order chi connectivity index (χ0) is 18.8. The number of aryl methyl sites for hydroxylation is 1. The van der Waals surface area contributed by atoms with Crippen molar-refractivity contribution < 1.29 is 8.53 Å². The lowest BCUT2D eigenvalue weighted by atomic mass is 9.58. The highest BCUT2D eigenvalue weighted by Crippen LogP contribution is 2.30. The Hall–Kier alpha value is -2.37. The number of fused-ring (bicyclic) bond motifs is 3. The van der Waals surface area contributed by atoms with Gasteiger partial charge >= 0.3 is 6.85 Å². The summed E-state index contributed by atoms with van der Waals surface area (Å²) in [4.78, 5) is 7.95. The Labute approximate surface area is 141 Å². The smallest absolute Gasteiger partial charge is 0.353 e. The molecule has 0 bridgehead atoms. The normalized spacial score (nSPS) is 23.0. The van der Waals surface area contributed by atoms with Gasteiger partial charge in [-0.2, -0.15) is 0 Å². The average Bonchev–Trinajstić information content (AvgIpc) is 3.08. The van der Waals surface area contributed by atoms with Crippen LogP contribution in [0.1, 0.15) is 29.2 Å². The van der Waals surface area contributed by atoms with Crippen molar-refractivity contribution in [1.82, 2.24) is 19.8 Å². The maximum atomic E-state index is 7.70. The largest absolute Gasteiger partial charge is 0.450 e. The third kappa shape index (κ3) is 1.97. The van der Waals surface area contributed by atoms with Crippen molar-refractivity contribution >= 4 is 29.7 Å². The Bertz CT molecular complexity index is 936. The van der Waals surface area contributed by atoms with E-state index in [1.165, 1.54) is 4.90 Å². The third-order valence-corrected chi connectivity index (χ3v) is 4.64. The van der Waals surface area contributed by atoms with Gasteiger partial charge in [0.2, 0.25) is 5.71 Å². The quantitative estimate of drug-likeness (QED) is 0.757. The average molecular weight is 311 g/mol. The molecule has 2 aliphatic rings. The molecule has 0 unspecified atom stereocenters. The molecule has 0 saturated carbocycles. The minimum atomic E-state index is -2.17. The maximum Gasteiger partial charge on any atom is 0.353 e. The summed E-state index contributed by atoms with van der Waals surface area (Å²) >= 11 is 0. The molecule has 0 amide bonds. The SMILES string of the molecule is [2H]C([2H])([2H])N1C=CN(N2B(C)c3oc4nc(C)ccc4c3C=C2C)[C@H]1C. The molecule has 2 aromatic heterocycles. The van der Waals surface area contributed by atoms with Crippen LogP contribution in [0.3, 0.4) is 0 Å². The molecule has 2 aliphatic heterocycles. The molecule has 118 valence electrons. The molecule has 2 aromatic rings. The summed E-state index contributed by atoms with van der Waals surface area (Å²) in [6.07, 6.45) is 5.19. The number of allylic oxidation sites excluding steroid dienone is 1. The van der Waals surface area contributed by atoms with E-state index >= 15 is 0 Å². The van der Waals surface area contributed by atoms with Gasteiger partial charge in [-0.05, 0) is 39.0 Å². The van der Waals surface area contributed by atoms with Crippen LogP contribution in [0, 0.1) is 6.92 Å². The van der Waals surface area contributed by atoms with Gasteiger partial charge in [0.05, 0.1) is 0 Å². The Kier molecular flexibility index (Phi) is 2.35. The number of hydrogen-bond acceptors (Lipinski definition) is 5. The predicted octanol–water partition coefficient (Wildman–Crippen LogP) is 2.62. The molecule has 23 heavy (non-hydrogen) atoms. The molecule has 0 N–H and O–H groups in total. The first kappa shape index (κ1) is 11.2. The van der Waals surface area contributed by atoms with E-state index in [1.807, 2.05) is 37.9 Å². The van der Waals surface area contributed by atoms with E-state index in [1.54, 1.807) is 12.4 Å². The van der Waals surface area contributed by atoms with Gasteiger partial charge < -0.3 is 14.2 Å². The van der Waals surface area contributed by atoms with E-state index in [0.29, 0.717) is 5.71 Å². The maximum absolute atomic E-state index is 7.70. The number of hydrogen-bond donors (Lipinski definition) is 0. The number of furan rings is 1. The molecular formula is C17H21BN4O. The molecule has 0 saturated heterocycles. The molecular weight excluding hydrogens is 287 g/mol. The molecule has 0 fully saturated rings. The van der Waals surface area contributed by atoms with Crippen LogP contribution in [-0.4, -0.2) is 39.8 Å². The van der Waals surface area contributed by atoms with Gasteiger partial charge in [0.1, 0.15) is 11.8 Å². The van der Waals surface area contributed by atoms with Crippen LogP contribution < -0.4 is 5.66 Å². The summed E-state index contributed by atoms with van der Waals surface area (Å²) in [6.45, 7) is 5.66. The zero-order valence-electron chi connectivity index (χ0n) is 16.7. The molecule has 0 aliphatic carbocycles. The second kappa shape index (κ2) is 4.81. The second-order valence-corrected chi connectivity index (χ2v) is 6.21. The topological polar surface area (TPSA) is 35.8 Å². The Morgan fingerprint density at radius 2 is 2.13 bits per heavy atom. The lowest BCUT2D eigenvalue weighted by molar-refractivity contribution is 0.0631. The fourth-order valence-electron chi connectivity index (χ4n) is 3.41. The minimum absolute atomic E-state index is 0.0758. The molecule has 0 radical (unpaired) electrons. The summed E-state index contributed by atoms with van der Waals surface area (Å²) in [5, 5.41) is 2.95. The predicted molar refractivity (Wildman–Crippen MR) is 93.7 cm³/mol. The first-order valence-electron chi connectivity index (χ1n) is 9.31. The van der Waals surface area contributed by atoms with E-state index in [0.717, 1.165) is 28.0 Å². The van der Waals surface area contributed by atoms with Gasteiger partial charge in [-0.25, -0.2) is 4.98 Å². The lowest BCUT2D eigenvalue weighted by Gasteiger charge is -2.43. The van der Waals surface area contributed by atoms with Gasteiger partial charge in [0.15, 0.2) is 0 Å². The van der Waals surface area contributed by atoms with Gasteiger partial charge in [-0.15, -0.1) is 0 Å². The van der Waals surface area contributed by atoms with Crippen LogP contribution in [0.25, 0.3) is 17.2 Å². The molecule has 4 rings (SSSR count). The van der Waals surface area contributed by atoms with Crippen LogP contribution in [0.15, 0.2) is 34.6 Å². The first-order valence-corrected chi connectivity index (χ1v) is 7.81. The fourth-order valence-corrected chi connectivity index (χ4v) is 3.41. The van der Waals surface area contributed by atoms with Crippen LogP contribution in [0.4, 0.5) is 0 Å². The highest BCUT2D eigenvalue weighted by Gasteiger charge is 2.38. The van der Waals surface area contributed by atoms with E-state index in [2.05, 4.69) is 22.8 Å². The van der Waals surface area contributed by atoms with Crippen molar-refractivity contribution in [3.05, 3.63) is 41.5 Å². The Balaban J connectivity index is 1.74. The monoisotopic (exact) mass is 311 g/mol. The number of aromatic nitrogens is 1. The van der Waals surface area contributed by atoms with Gasteiger partial charge in [-0.3, -0.25) is 5.01 Å². The van der Waals surface area contributed by atoms with Gasteiger partial charge in [-0.1, -0.05) is 6.82 Å². The lowest BCUT2D eigenvalue weighted by Crippen LogP contribution is -2.57. The number of nitrogens with zero attached hydrogens (tertiary/aromatic N) is 4. The van der Waals surface area contributed by atoms with Crippen molar-refractivity contribution in [3.63, 3.8) is 0 Å². The molecule has 4 heterocycles. The molecule has 0 aromatic carbocycles. The summed E-state index contributed by atoms with van der Waals surface area (Å²) in [6, 6.07) is 4.03. The van der Waals surface area contributed by atoms with Crippen LogP contribution in [0.5, 0.6) is 0 Å². The summed E-state index contributed by atoms with van der Waals surface area (Å²) < 4.78 is 29.2. The van der Waals surface area contributed by atoms with Crippen LogP contribution in [-0.2, 0) is 0 Å². The third-order valence-electron chi connectivity index (χ3n) is 4.64. The Morgan fingerprint density at radius 3 is 2.87 bits per heavy atom. The van der Waals surface area contributed by atoms with Crippen molar-refractivity contribution in [2.75, 3.05) is 6.98 Å². The number of pyridine rings is 1. The van der Waals surface area contributed by atoms with E-state index < -0.39 is 6.98 Å². The fraction of sp³-hybridized carbons (Fsp3) is 0.353. The first-order chi connectivity index (χ1) is 12.2. The van der Waals surface area contributed by atoms with Crippen molar-refractivity contribution in [3.8, 4) is 0 Å².